The highest BCUT2D eigenvalue weighted by Crippen LogP contribution is 2.25. The molecular weight excluding hydrogens is 170 g/mol. The van der Waals surface area contributed by atoms with Crippen LogP contribution in [0.4, 0.5) is 0 Å². The molecule has 3 unspecified atom stereocenters. The van der Waals surface area contributed by atoms with Crippen LogP contribution in [0.5, 0.6) is 0 Å². The van der Waals surface area contributed by atoms with Crippen LogP contribution in [0.3, 0.4) is 0 Å². The average molecular weight is 189 g/mol. The number of thioether (sulfide) groups is 1. The summed E-state index contributed by atoms with van der Waals surface area (Å²) in [6, 6.07) is 1.20. The van der Waals surface area contributed by atoms with Crippen LogP contribution in [0.1, 0.15) is 20.3 Å². The van der Waals surface area contributed by atoms with E-state index >= 15 is 0 Å². The van der Waals surface area contributed by atoms with Gasteiger partial charge in [0.05, 0.1) is 6.61 Å². The Kier molecular flexibility index (Phi) is 4.40. The minimum absolute atomic E-state index is 0.492. The summed E-state index contributed by atoms with van der Waals surface area (Å²) in [6.07, 6.45) is 1.30. The second kappa shape index (κ2) is 5.10. The predicted octanol–water partition coefficient (Wildman–Crippen LogP) is 1.50. The molecule has 0 aliphatic carbocycles. The highest BCUT2D eigenvalue weighted by Gasteiger charge is 2.22. The van der Waals surface area contributed by atoms with E-state index in [1.807, 2.05) is 0 Å². The van der Waals surface area contributed by atoms with E-state index in [0.29, 0.717) is 12.1 Å². The van der Waals surface area contributed by atoms with Crippen LogP contribution in [-0.2, 0) is 4.74 Å². The van der Waals surface area contributed by atoms with Crippen LogP contribution in [-0.4, -0.2) is 36.8 Å². The summed E-state index contributed by atoms with van der Waals surface area (Å²) < 4.78 is 5.07. The molecule has 1 saturated heterocycles. The monoisotopic (exact) mass is 189 g/mol. The lowest BCUT2D eigenvalue weighted by Gasteiger charge is -2.17. The van der Waals surface area contributed by atoms with Crippen molar-refractivity contribution in [1.82, 2.24) is 5.32 Å². The van der Waals surface area contributed by atoms with E-state index in [4.69, 9.17) is 4.74 Å². The van der Waals surface area contributed by atoms with Gasteiger partial charge >= 0.3 is 0 Å². The molecule has 1 aliphatic heterocycles. The molecule has 1 rings (SSSR count). The maximum Gasteiger partial charge on any atom is 0.0613 e. The fraction of sp³-hybridized carbons (Fsp3) is 1.00. The molecule has 1 N–H and O–H groups in total. The third-order valence-corrected chi connectivity index (χ3v) is 3.49. The Morgan fingerprint density at radius 2 is 2.42 bits per heavy atom. The first-order valence-corrected chi connectivity index (χ1v) is 5.64. The zero-order valence-electron chi connectivity index (χ0n) is 8.17. The molecular formula is C9H19NOS. The van der Waals surface area contributed by atoms with Gasteiger partial charge in [-0.25, -0.2) is 0 Å². The number of rotatable bonds is 4. The van der Waals surface area contributed by atoms with Gasteiger partial charge in [-0.2, -0.15) is 11.8 Å². The SMILES string of the molecule is COCC(C)NC1CSC(C)C1. The van der Waals surface area contributed by atoms with Crippen molar-refractivity contribution in [3.8, 4) is 0 Å². The third kappa shape index (κ3) is 3.33. The first-order chi connectivity index (χ1) is 5.72. The standard InChI is InChI=1S/C9H19NOS/c1-7(5-11-3)10-9-4-8(2)12-6-9/h7-10H,4-6H2,1-3H3. The summed E-state index contributed by atoms with van der Waals surface area (Å²) in [5.74, 6) is 1.26. The van der Waals surface area contributed by atoms with E-state index < -0.39 is 0 Å². The second-order valence-corrected chi connectivity index (χ2v) is 5.07. The van der Waals surface area contributed by atoms with Gasteiger partial charge in [-0.3, -0.25) is 0 Å². The van der Waals surface area contributed by atoms with Crippen molar-refractivity contribution in [3.63, 3.8) is 0 Å². The highest BCUT2D eigenvalue weighted by molar-refractivity contribution is 8.00. The second-order valence-electron chi connectivity index (χ2n) is 3.60. The molecule has 12 heavy (non-hydrogen) atoms. The molecule has 1 aliphatic rings. The minimum Gasteiger partial charge on any atom is -0.383 e. The molecule has 1 heterocycles. The highest BCUT2D eigenvalue weighted by atomic mass is 32.2. The smallest absolute Gasteiger partial charge is 0.0613 e. The van der Waals surface area contributed by atoms with E-state index in [9.17, 15) is 0 Å². The van der Waals surface area contributed by atoms with Gasteiger partial charge in [-0.05, 0) is 13.3 Å². The van der Waals surface area contributed by atoms with Gasteiger partial charge < -0.3 is 10.1 Å². The molecule has 0 radical (unpaired) electrons. The quantitative estimate of drug-likeness (QED) is 0.724. The normalized spacial score (nSPS) is 32.2. The van der Waals surface area contributed by atoms with E-state index in [1.165, 1.54) is 12.2 Å². The lowest BCUT2D eigenvalue weighted by molar-refractivity contribution is 0.167. The van der Waals surface area contributed by atoms with Gasteiger partial charge in [0.25, 0.3) is 0 Å². The van der Waals surface area contributed by atoms with Crippen molar-refractivity contribution in [1.29, 1.82) is 0 Å². The van der Waals surface area contributed by atoms with Crippen molar-refractivity contribution in [2.75, 3.05) is 19.5 Å². The van der Waals surface area contributed by atoms with Crippen molar-refractivity contribution >= 4 is 11.8 Å². The first-order valence-electron chi connectivity index (χ1n) is 4.59. The van der Waals surface area contributed by atoms with Crippen LogP contribution in [0.2, 0.25) is 0 Å². The number of ether oxygens (including phenoxy) is 1. The number of methoxy groups -OCH3 is 1. The molecule has 0 spiro atoms. The van der Waals surface area contributed by atoms with Gasteiger partial charge in [0, 0.05) is 30.2 Å². The van der Waals surface area contributed by atoms with Crippen LogP contribution in [0.25, 0.3) is 0 Å². The third-order valence-electron chi connectivity index (χ3n) is 2.14. The van der Waals surface area contributed by atoms with Gasteiger partial charge in [0.2, 0.25) is 0 Å². The Balaban J connectivity index is 2.14. The number of nitrogens with one attached hydrogen (secondary N) is 1. The van der Waals surface area contributed by atoms with Crippen molar-refractivity contribution in [2.45, 2.75) is 37.6 Å². The van der Waals surface area contributed by atoms with E-state index in [-0.39, 0.29) is 0 Å². The van der Waals surface area contributed by atoms with E-state index in [1.54, 1.807) is 7.11 Å². The lowest BCUT2D eigenvalue weighted by atomic mass is 10.2. The molecule has 0 amide bonds. The van der Waals surface area contributed by atoms with Gasteiger partial charge in [0.1, 0.15) is 0 Å². The van der Waals surface area contributed by atoms with E-state index in [0.717, 1.165) is 11.9 Å². The summed E-state index contributed by atoms with van der Waals surface area (Å²) in [6.45, 7) is 5.29. The maximum atomic E-state index is 5.07. The molecule has 0 aromatic rings. The summed E-state index contributed by atoms with van der Waals surface area (Å²) >= 11 is 2.06. The molecule has 3 atom stereocenters. The Morgan fingerprint density at radius 3 is 2.92 bits per heavy atom. The van der Waals surface area contributed by atoms with E-state index in [2.05, 4.69) is 30.9 Å². The lowest BCUT2D eigenvalue weighted by Crippen LogP contribution is -2.39. The number of hydrogen-bond donors (Lipinski definition) is 1. The molecule has 0 saturated carbocycles. The summed E-state index contributed by atoms with van der Waals surface area (Å²) in [4.78, 5) is 0. The Bertz CT molecular complexity index is 132. The summed E-state index contributed by atoms with van der Waals surface area (Å²) in [7, 11) is 1.75. The van der Waals surface area contributed by atoms with Crippen molar-refractivity contribution in [2.24, 2.45) is 0 Å². The molecule has 72 valence electrons. The Morgan fingerprint density at radius 1 is 1.67 bits per heavy atom. The summed E-state index contributed by atoms with van der Waals surface area (Å²) in [5, 5.41) is 4.40. The molecule has 0 bridgehead atoms. The van der Waals surface area contributed by atoms with Crippen LogP contribution >= 0.6 is 11.8 Å². The van der Waals surface area contributed by atoms with Crippen molar-refractivity contribution in [3.05, 3.63) is 0 Å². The molecule has 2 nitrogen and oxygen atoms in total. The minimum atomic E-state index is 0.492. The Labute approximate surface area is 79.4 Å². The Hall–Kier alpha value is 0.270. The van der Waals surface area contributed by atoms with Crippen LogP contribution < -0.4 is 5.32 Å². The largest absolute Gasteiger partial charge is 0.383 e. The van der Waals surface area contributed by atoms with Crippen molar-refractivity contribution < 1.29 is 4.74 Å². The fourth-order valence-corrected chi connectivity index (χ4v) is 2.80. The summed E-state index contributed by atoms with van der Waals surface area (Å²) in [5.41, 5.74) is 0. The zero-order chi connectivity index (χ0) is 8.97. The first kappa shape index (κ1) is 10.4. The van der Waals surface area contributed by atoms with Gasteiger partial charge in [-0.15, -0.1) is 0 Å². The van der Waals surface area contributed by atoms with Gasteiger partial charge in [-0.1, -0.05) is 6.92 Å². The average Bonchev–Trinajstić information content (AvgIpc) is 2.36. The fourth-order valence-electron chi connectivity index (χ4n) is 1.63. The molecule has 1 fully saturated rings. The molecule has 3 heteroatoms. The zero-order valence-corrected chi connectivity index (χ0v) is 8.99. The van der Waals surface area contributed by atoms with Crippen LogP contribution in [0, 0.1) is 0 Å². The van der Waals surface area contributed by atoms with Crippen LogP contribution in [0.15, 0.2) is 0 Å². The molecule has 0 aromatic heterocycles. The number of hydrogen-bond acceptors (Lipinski definition) is 3. The molecule has 0 aromatic carbocycles. The maximum absolute atomic E-state index is 5.07. The predicted molar refractivity (Wildman–Crippen MR) is 54.8 cm³/mol. The topological polar surface area (TPSA) is 21.3 Å². The van der Waals surface area contributed by atoms with Gasteiger partial charge in [0.15, 0.2) is 0 Å².